The van der Waals surface area contributed by atoms with Gasteiger partial charge in [0.15, 0.2) is 6.61 Å². The van der Waals surface area contributed by atoms with Gasteiger partial charge < -0.3 is 10.1 Å². The molecule has 2 heterocycles. The van der Waals surface area contributed by atoms with E-state index in [4.69, 9.17) is 10.1 Å². The van der Waals surface area contributed by atoms with Gasteiger partial charge >= 0.3 is 0 Å². The molecule has 0 radical (unpaired) electrons. The number of benzene rings is 1. The van der Waals surface area contributed by atoms with Crippen molar-refractivity contribution >= 4 is 5.71 Å². The van der Waals surface area contributed by atoms with Crippen LogP contribution in [0, 0.1) is 11.3 Å². The van der Waals surface area contributed by atoms with Gasteiger partial charge in [-0.15, -0.1) is 0 Å². The molecular weight excluding hydrogens is 362 g/mol. The number of ether oxygens (including phenoxy) is 1. The van der Waals surface area contributed by atoms with Crippen molar-refractivity contribution in [1.29, 1.82) is 5.41 Å². The van der Waals surface area contributed by atoms with Crippen molar-refractivity contribution in [2.45, 2.75) is 19.3 Å². The Hall–Kier alpha value is -3.09. The second-order valence-corrected chi connectivity index (χ2v) is 6.97. The number of fused-ring (bicyclic) bond motifs is 1. The van der Waals surface area contributed by atoms with Crippen molar-refractivity contribution in [2.24, 2.45) is 13.0 Å². The van der Waals surface area contributed by atoms with Crippen LogP contribution in [0.15, 0.2) is 48.9 Å². The van der Waals surface area contributed by atoms with Crippen LogP contribution in [-0.4, -0.2) is 33.5 Å². The van der Waals surface area contributed by atoms with Crippen LogP contribution in [0.4, 0.5) is 8.78 Å². The zero-order valence-electron chi connectivity index (χ0n) is 15.4. The quantitative estimate of drug-likeness (QED) is 0.703. The Morgan fingerprint density at radius 1 is 1.21 bits per heavy atom. The first-order chi connectivity index (χ1) is 13.5. The predicted octanol–water partition coefficient (Wildman–Crippen LogP) is 3.91. The number of nitrogens with one attached hydrogen (secondary N) is 1. The number of alkyl halides is 2. The van der Waals surface area contributed by atoms with Gasteiger partial charge in [-0.05, 0) is 35.6 Å². The maximum atomic E-state index is 12.5. The lowest BCUT2D eigenvalue weighted by Crippen LogP contribution is -2.14. The van der Waals surface area contributed by atoms with E-state index >= 15 is 0 Å². The van der Waals surface area contributed by atoms with Gasteiger partial charge in [0, 0.05) is 36.6 Å². The van der Waals surface area contributed by atoms with Crippen LogP contribution >= 0.6 is 0 Å². The SMILES string of the molecule is Cn1cc(-c2ccc(CC3Cc4ccnc(OCC(F)F)c4C3=N)cc2)cn1. The molecule has 1 N–H and O–H groups in total. The minimum Gasteiger partial charge on any atom is -0.471 e. The van der Waals surface area contributed by atoms with Crippen LogP contribution in [0.2, 0.25) is 0 Å². The molecule has 1 aromatic carbocycles. The fourth-order valence-corrected chi connectivity index (χ4v) is 3.62. The number of rotatable bonds is 6. The van der Waals surface area contributed by atoms with Crippen LogP contribution in [0.5, 0.6) is 5.88 Å². The van der Waals surface area contributed by atoms with E-state index in [0.717, 1.165) is 22.3 Å². The Balaban J connectivity index is 1.48. The fourth-order valence-electron chi connectivity index (χ4n) is 3.62. The van der Waals surface area contributed by atoms with Gasteiger partial charge in [-0.25, -0.2) is 13.8 Å². The van der Waals surface area contributed by atoms with E-state index in [9.17, 15) is 8.78 Å². The second kappa shape index (κ2) is 7.50. The third kappa shape index (κ3) is 3.65. The third-order valence-electron chi connectivity index (χ3n) is 4.97. The lowest BCUT2D eigenvalue weighted by molar-refractivity contribution is 0.0795. The molecule has 0 spiro atoms. The molecule has 0 bridgehead atoms. The molecule has 3 aromatic rings. The van der Waals surface area contributed by atoms with Crippen molar-refractivity contribution in [3.63, 3.8) is 0 Å². The molecule has 2 aromatic heterocycles. The average molecular weight is 382 g/mol. The van der Waals surface area contributed by atoms with Crippen LogP contribution in [0.1, 0.15) is 16.7 Å². The van der Waals surface area contributed by atoms with Gasteiger partial charge in [0.1, 0.15) is 0 Å². The van der Waals surface area contributed by atoms with E-state index in [-0.39, 0.29) is 11.8 Å². The van der Waals surface area contributed by atoms with Gasteiger partial charge in [0.25, 0.3) is 6.43 Å². The Morgan fingerprint density at radius 2 is 2.00 bits per heavy atom. The normalized spacial score (nSPS) is 15.9. The topological polar surface area (TPSA) is 63.8 Å². The van der Waals surface area contributed by atoms with Crippen LogP contribution < -0.4 is 4.74 Å². The molecule has 0 fully saturated rings. The number of hydrogen-bond acceptors (Lipinski definition) is 4. The highest BCUT2D eigenvalue weighted by molar-refractivity contribution is 6.06. The summed E-state index contributed by atoms with van der Waals surface area (Å²) in [7, 11) is 1.88. The predicted molar refractivity (Wildman–Crippen MR) is 102 cm³/mol. The Morgan fingerprint density at radius 3 is 2.68 bits per heavy atom. The first kappa shape index (κ1) is 18.3. The summed E-state index contributed by atoms with van der Waals surface area (Å²) in [5.41, 5.74) is 5.18. The number of aromatic nitrogens is 3. The molecule has 28 heavy (non-hydrogen) atoms. The van der Waals surface area contributed by atoms with Crippen molar-refractivity contribution in [3.8, 4) is 17.0 Å². The molecule has 1 aliphatic rings. The van der Waals surface area contributed by atoms with E-state index in [1.54, 1.807) is 10.9 Å². The van der Waals surface area contributed by atoms with Crippen molar-refractivity contribution in [1.82, 2.24) is 14.8 Å². The van der Waals surface area contributed by atoms with Gasteiger partial charge in [-0.1, -0.05) is 24.3 Å². The summed E-state index contributed by atoms with van der Waals surface area (Å²) in [4.78, 5) is 4.06. The lowest BCUT2D eigenvalue weighted by Gasteiger charge is -2.12. The van der Waals surface area contributed by atoms with Crippen LogP contribution in [0.25, 0.3) is 11.1 Å². The first-order valence-corrected chi connectivity index (χ1v) is 9.07. The highest BCUT2D eigenvalue weighted by atomic mass is 19.3. The molecule has 1 aliphatic carbocycles. The number of halogens is 2. The number of hydrogen-bond donors (Lipinski definition) is 1. The number of pyridine rings is 1. The first-order valence-electron chi connectivity index (χ1n) is 9.07. The summed E-state index contributed by atoms with van der Waals surface area (Å²) in [5.74, 6) is 0.120. The number of nitrogens with zero attached hydrogens (tertiary/aromatic N) is 3. The molecule has 7 heteroatoms. The third-order valence-corrected chi connectivity index (χ3v) is 4.97. The van der Waals surface area contributed by atoms with Gasteiger partial charge in [-0.3, -0.25) is 4.68 Å². The maximum Gasteiger partial charge on any atom is 0.272 e. The smallest absolute Gasteiger partial charge is 0.272 e. The summed E-state index contributed by atoms with van der Waals surface area (Å²) in [6.07, 6.45) is 4.17. The van der Waals surface area contributed by atoms with E-state index in [1.807, 2.05) is 25.5 Å². The Kier molecular flexibility index (Phi) is 4.90. The van der Waals surface area contributed by atoms with Crippen molar-refractivity contribution in [2.75, 3.05) is 6.61 Å². The van der Waals surface area contributed by atoms with E-state index < -0.39 is 13.0 Å². The number of aryl methyl sites for hydroxylation is 1. The second-order valence-electron chi connectivity index (χ2n) is 6.97. The Labute approximate surface area is 161 Å². The minimum atomic E-state index is -2.57. The summed E-state index contributed by atoms with van der Waals surface area (Å²) in [6.45, 7) is -0.711. The summed E-state index contributed by atoms with van der Waals surface area (Å²) in [6, 6.07) is 10.1. The Bertz CT molecular complexity index is 998. The summed E-state index contributed by atoms with van der Waals surface area (Å²) >= 11 is 0. The van der Waals surface area contributed by atoms with Gasteiger partial charge in [-0.2, -0.15) is 5.10 Å². The monoisotopic (exact) mass is 382 g/mol. The average Bonchev–Trinajstić information content (AvgIpc) is 3.25. The molecule has 5 nitrogen and oxygen atoms in total. The molecule has 0 saturated carbocycles. The van der Waals surface area contributed by atoms with Gasteiger partial charge in [0.2, 0.25) is 5.88 Å². The molecular formula is C21H20F2N4O. The molecule has 0 saturated heterocycles. The molecule has 4 rings (SSSR count). The van der Waals surface area contributed by atoms with Crippen molar-refractivity contribution in [3.05, 3.63) is 65.6 Å². The molecule has 144 valence electrons. The molecule has 0 amide bonds. The molecule has 1 atom stereocenters. The molecule has 0 aliphatic heterocycles. The minimum absolute atomic E-state index is 0.0164. The zero-order chi connectivity index (χ0) is 19.7. The van der Waals surface area contributed by atoms with E-state index in [0.29, 0.717) is 24.1 Å². The maximum absolute atomic E-state index is 12.5. The van der Waals surface area contributed by atoms with Crippen LogP contribution in [-0.2, 0) is 19.9 Å². The van der Waals surface area contributed by atoms with Crippen LogP contribution in [0.3, 0.4) is 0 Å². The largest absolute Gasteiger partial charge is 0.471 e. The highest BCUT2D eigenvalue weighted by Gasteiger charge is 2.31. The summed E-state index contributed by atoms with van der Waals surface area (Å²) in [5, 5.41) is 12.7. The van der Waals surface area contributed by atoms with E-state index in [1.165, 1.54) is 0 Å². The van der Waals surface area contributed by atoms with Gasteiger partial charge in [0.05, 0.1) is 11.8 Å². The zero-order valence-corrected chi connectivity index (χ0v) is 15.4. The van der Waals surface area contributed by atoms with E-state index in [2.05, 4.69) is 34.3 Å². The van der Waals surface area contributed by atoms with Crippen molar-refractivity contribution < 1.29 is 13.5 Å². The fraction of sp³-hybridized carbons (Fsp3) is 0.286. The highest BCUT2D eigenvalue weighted by Crippen LogP contribution is 2.34. The summed E-state index contributed by atoms with van der Waals surface area (Å²) < 4.78 is 31.9. The standard InChI is InChI=1S/C21H20F2N4O/c1-27-11-17(10-26-27)14-4-2-13(3-5-14)8-16-9-15-6-7-25-21(19(15)20(16)24)28-12-18(22)23/h2-7,10-11,16,18,24H,8-9,12H2,1H3. The molecule has 1 unspecified atom stereocenters. The lowest BCUT2D eigenvalue weighted by atomic mass is 9.94.